The molecule has 0 bridgehead atoms. The van der Waals surface area contributed by atoms with E-state index in [0.29, 0.717) is 23.7 Å². The first-order chi connectivity index (χ1) is 8.10. The Balaban J connectivity index is 2.16. The Kier molecular flexibility index (Phi) is 3.19. The van der Waals surface area contributed by atoms with Crippen LogP contribution in [0.1, 0.15) is 6.92 Å². The average molecular weight is 235 g/mol. The van der Waals surface area contributed by atoms with Gasteiger partial charge in [-0.05, 0) is 25.7 Å². The highest BCUT2D eigenvalue weighted by atomic mass is 16.5. The number of anilines is 2. The molecule has 1 unspecified atom stereocenters. The van der Waals surface area contributed by atoms with Crippen LogP contribution < -0.4 is 15.8 Å². The Hall–Kier alpha value is -1.75. The number of likely N-dealkylation sites (N-methyl/N-ethyl adjacent to an activating group) is 1. The van der Waals surface area contributed by atoms with Gasteiger partial charge in [-0.1, -0.05) is 6.92 Å². The number of benzene rings is 1. The molecule has 5 nitrogen and oxygen atoms in total. The molecule has 5 heteroatoms. The van der Waals surface area contributed by atoms with Crippen LogP contribution in [-0.4, -0.2) is 37.0 Å². The summed E-state index contributed by atoms with van der Waals surface area (Å²) in [6, 6.07) is 5.22. The number of hydrogen-bond donors (Lipinski definition) is 2. The maximum atomic E-state index is 11.8. The first-order valence-electron chi connectivity index (χ1n) is 5.65. The molecule has 0 saturated carbocycles. The van der Waals surface area contributed by atoms with E-state index in [9.17, 15) is 4.79 Å². The highest BCUT2D eigenvalue weighted by molar-refractivity contribution is 5.98. The highest BCUT2D eigenvalue weighted by Gasteiger charge is 2.28. The number of nitrogens with two attached hydrogens (primary N) is 1. The number of carbonyl (C=O) groups excluding carboxylic acids is 1. The van der Waals surface area contributed by atoms with E-state index in [-0.39, 0.29) is 5.91 Å². The van der Waals surface area contributed by atoms with Gasteiger partial charge in [0.25, 0.3) is 5.91 Å². The molecule has 0 aliphatic carbocycles. The van der Waals surface area contributed by atoms with Gasteiger partial charge in [-0.15, -0.1) is 0 Å². The molecule has 1 aromatic rings. The summed E-state index contributed by atoms with van der Waals surface area (Å²) in [6.07, 6.45) is -0.478. The number of rotatable bonds is 3. The largest absolute Gasteiger partial charge is 0.477 e. The summed E-state index contributed by atoms with van der Waals surface area (Å²) in [7, 11) is 1.95. The van der Waals surface area contributed by atoms with E-state index in [1.807, 2.05) is 18.9 Å². The number of carbonyl (C=O) groups is 1. The van der Waals surface area contributed by atoms with Crippen LogP contribution in [0.5, 0.6) is 5.75 Å². The van der Waals surface area contributed by atoms with Crippen molar-refractivity contribution in [3.63, 3.8) is 0 Å². The van der Waals surface area contributed by atoms with Gasteiger partial charge in [0.05, 0.1) is 5.69 Å². The van der Waals surface area contributed by atoms with Crippen LogP contribution in [0.3, 0.4) is 0 Å². The number of ether oxygens (including phenoxy) is 1. The minimum absolute atomic E-state index is 0.109. The first-order valence-corrected chi connectivity index (χ1v) is 5.65. The standard InChI is InChI=1S/C12H17N3O2/c1-3-15(2)7-11-12(16)14-9-5-4-8(13)6-10(9)17-11/h4-6,11H,3,7,13H2,1-2H3,(H,14,16). The quantitative estimate of drug-likeness (QED) is 0.764. The van der Waals surface area contributed by atoms with E-state index in [1.165, 1.54) is 0 Å². The van der Waals surface area contributed by atoms with Gasteiger partial charge in [-0.25, -0.2) is 0 Å². The molecule has 0 saturated heterocycles. The molecule has 0 aromatic heterocycles. The molecule has 92 valence electrons. The molecule has 2 rings (SSSR count). The zero-order valence-corrected chi connectivity index (χ0v) is 10.1. The second-order valence-corrected chi connectivity index (χ2v) is 4.21. The lowest BCUT2D eigenvalue weighted by Gasteiger charge is -2.28. The molecule has 1 aliphatic rings. The third-order valence-electron chi connectivity index (χ3n) is 2.84. The average Bonchev–Trinajstić information content (AvgIpc) is 2.30. The fourth-order valence-electron chi connectivity index (χ4n) is 1.69. The fraction of sp³-hybridized carbons (Fsp3) is 0.417. The molecule has 0 fully saturated rings. The molecule has 0 spiro atoms. The molecule has 1 aromatic carbocycles. The second-order valence-electron chi connectivity index (χ2n) is 4.21. The van der Waals surface area contributed by atoms with Gasteiger partial charge in [0.2, 0.25) is 0 Å². The van der Waals surface area contributed by atoms with E-state index in [1.54, 1.807) is 18.2 Å². The van der Waals surface area contributed by atoms with Gasteiger partial charge in [-0.3, -0.25) is 4.79 Å². The van der Waals surface area contributed by atoms with Crippen LogP contribution in [0.25, 0.3) is 0 Å². The topological polar surface area (TPSA) is 67.6 Å². The van der Waals surface area contributed by atoms with Gasteiger partial charge in [0.15, 0.2) is 6.10 Å². The van der Waals surface area contributed by atoms with E-state index in [4.69, 9.17) is 10.5 Å². The van der Waals surface area contributed by atoms with Crippen molar-refractivity contribution in [1.29, 1.82) is 0 Å². The molecule has 1 heterocycles. The summed E-state index contributed by atoms with van der Waals surface area (Å²) >= 11 is 0. The van der Waals surface area contributed by atoms with Crippen molar-refractivity contribution < 1.29 is 9.53 Å². The van der Waals surface area contributed by atoms with E-state index < -0.39 is 6.10 Å². The van der Waals surface area contributed by atoms with E-state index in [0.717, 1.165) is 6.54 Å². The van der Waals surface area contributed by atoms with E-state index >= 15 is 0 Å². The van der Waals surface area contributed by atoms with Crippen molar-refractivity contribution in [3.05, 3.63) is 18.2 Å². The highest BCUT2D eigenvalue weighted by Crippen LogP contribution is 2.31. The summed E-state index contributed by atoms with van der Waals surface area (Å²) in [5.41, 5.74) is 6.99. The molecular formula is C12H17N3O2. The lowest BCUT2D eigenvalue weighted by molar-refractivity contribution is -0.124. The van der Waals surface area contributed by atoms with Crippen molar-refractivity contribution in [2.45, 2.75) is 13.0 Å². The molecule has 1 atom stereocenters. The predicted octanol–water partition coefficient (Wildman–Crippen LogP) is 0.920. The number of nitrogen functional groups attached to an aromatic ring is 1. The smallest absolute Gasteiger partial charge is 0.266 e. The van der Waals surface area contributed by atoms with Crippen molar-refractivity contribution in [2.75, 3.05) is 31.2 Å². The summed E-state index contributed by atoms with van der Waals surface area (Å²) in [5.74, 6) is 0.529. The summed E-state index contributed by atoms with van der Waals surface area (Å²) in [5, 5.41) is 2.82. The van der Waals surface area contributed by atoms with Crippen molar-refractivity contribution in [1.82, 2.24) is 4.90 Å². The van der Waals surface area contributed by atoms with E-state index in [2.05, 4.69) is 5.32 Å². The molecule has 0 radical (unpaired) electrons. The number of nitrogens with one attached hydrogen (secondary N) is 1. The summed E-state index contributed by atoms with van der Waals surface area (Å²) < 4.78 is 5.66. The number of amides is 1. The molecule has 3 N–H and O–H groups in total. The van der Waals surface area contributed by atoms with Crippen LogP contribution in [0, 0.1) is 0 Å². The van der Waals surface area contributed by atoms with Gasteiger partial charge < -0.3 is 20.7 Å². The third kappa shape index (κ3) is 2.50. The van der Waals surface area contributed by atoms with Gasteiger partial charge in [0.1, 0.15) is 5.75 Å². The fourth-order valence-corrected chi connectivity index (χ4v) is 1.69. The zero-order valence-electron chi connectivity index (χ0n) is 10.1. The lowest BCUT2D eigenvalue weighted by Crippen LogP contribution is -2.44. The molecule has 17 heavy (non-hydrogen) atoms. The number of fused-ring (bicyclic) bond motifs is 1. The normalized spacial score (nSPS) is 18.5. The molecule has 1 amide bonds. The minimum atomic E-state index is -0.478. The Morgan fingerprint density at radius 2 is 2.29 bits per heavy atom. The van der Waals surface area contributed by atoms with Gasteiger partial charge in [0, 0.05) is 18.3 Å². The number of nitrogens with zero attached hydrogens (tertiary/aromatic N) is 1. The summed E-state index contributed by atoms with van der Waals surface area (Å²) in [4.78, 5) is 13.8. The monoisotopic (exact) mass is 235 g/mol. The number of hydrogen-bond acceptors (Lipinski definition) is 4. The van der Waals surface area contributed by atoms with Crippen LogP contribution in [0.4, 0.5) is 11.4 Å². The van der Waals surface area contributed by atoms with Crippen LogP contribution >= 0.6 is 0 Å². The molecule has 1 aliphatic heterocycles. The summed E-state index contributed by atoms with van der Waals surface area (Å²) in [6.45, 7) is 3.47. The van der Waals surface area contributed by atoms with Gasteiger partial charge >= 0.3 is 0 Å². The second kappa shape index (κ2) is 4.63. The van der Waals surface area contributed by atoms with Gasteiger partial charge in [-0.2, -0.15) is 0 Å². The SMILES string of the molecule is CCN(C)CC1Oc2cc(N)ccc2NC1=O. The van der Waals surface area contributed by atoms with Crippen molar-refractivity contribution >= 4 is 17.3 Å². The Bertz CT molecular complexity index is 434. The van der Waals surface area contributed by atoms with Crippen LogP contribution in [-0.2, 0) is 4.79 Å². The zero-order chi connectivity index (χ0) is 12.4. The molecular weight excluding hydrogens is 218 g/mol. The first kappa shape index (κ1) is 11.7. The van der Waals surface area contributed by atoms with Crippen molar-refractivity contribution in [3.8, 4) is 5.75 Å². The lowest BCUT2D eigenvalue weighted by atomic mass is 10.2. The predicted molar refractivity (Wildman–Crippen MR) is 67.1 cm³/mol. The Morgan fingerprint density at radius 1 is 1.53 bits per heavy atom. The maximum absolute atomic E-state index is 11.8. The maximum Gasteiger partial charge on any atom is 0.266 e. The van der Waals surface area contributed by atoms with Crippen molar-refractivity contribution in [2.24, 2.45) is 0 Å². The minimum Gasteiger partial charge on any atom is -0.477 e. The third-order valence-corrected chi connectivity index (χ3v) is 2.84. The van der Waals surface area contributed by atoms with Crippen LogP contribution in [0.15, 0.2) is 18.2 Å². The Morgan fingerprint density at radius 3 is 3.00 bits per heavy atom. The Labute approximate surface area is 101 Å². The van der Waals surface area contributed by atoms with Crippen LogP contribution in [0.2, 0.25) is 0 Å².